The van der Waals surface area contributed by atoms with Gasteiger partial charge in [0.1, 0.15) is 6.29 Å². The Hall–Kier alpha value is -0.880. The highest BCUT2D eigenvalue weighted by Crippen LogP contribution is 1.95. The standard InChI is InChI=1S/C8H14N2O/c1-8(6-9)7-10(2)4-3-5-11/h5,8H,3-4,7H2,1-2H3. The van der Waals surface area contributed by atoms with Gasteiger partial charge in [0.25, 0.3) is 0 Å². The highest BCUT2D eigenvalue weighted by molar-refractivity contribution is 5.49. The number of nitriles is 1. The second-order valence-corrected chi connectivity index (χ2v) is 2.75. The molecule has 0 aliphatic carbocycles. The van der Waals surface area contributed by atoms with Crippen LogP contribution < -0.4 is 0 Å². The van der Waals surface area contributed by atoms with E-state index in [1.54, 1.807) is 0 Å². The number of carbonyl (C=O) groups is 1. The van der Waals surface area contributed by atoms with E-state index in [1.807, 2.05) is 18.9 Å². The molecule has 62 valence electrons. The van der Waals surface area contributed by atoms with Crippen LogP contribution in [-0.2, 0) is 4.79 Å². The molecule has 0 fully saturated rings. The Bertz CT molecular complexity index is 151. The second-order valence-electron chi connectivity index (χ2n) is 2.75. The van der Waals surface area contributed by atoms with Gasteiger partial charge in [0.15, 0.2) is 0 Å². The zero-order chi connectivity index (χ0) is 8.69. The van der Waals surface area contributed by atoms with E-state index in [1.165, 1.54) is 0 Å². The molecule has 0 saturated heterocycles. The molecule has 0 radical (unpaired) electrons. The first-order chi connectivity index (χ1) is 5.20. The predicted molar refractivity (Wildman–Crippen MR) is 43.0 cm³/mol. The summed E-state index contributed by atoms with van der Waals surface area (Å²) in [6.45, 7) is 3.36. The third kappa shape index (κ3) is 5.56. The van der Waals surface area contributed by atoms with Gasteiger partial charge < -0.3 is 9.69 Å². The Morgan fingerprint density at radius 2 is 2.36 bits per heavy atom. The average Bonchev–Trinajstić information content (AvgIpc) is 2.00. The Kier molecular flexibility index (Phi) is 5.40. The van der Waals surface area contributed by atoms with Crippen molar-refractivity contribution < 1.29 is 4.79 Å². The van der Waals surface area contributed by atoms with Crippen molar-refractivity contribution in [1.29, 1.82) is 5.26 Å². The number of aldehydes is 1. The van der Waals surface area contributed by atoms with Crippen molar-refractivity contribution in [2.45, 2.75) is 13.3 Å². The van der Waals surface area contributed by atoms with Gasteiger partial charge in [-0.25, -0.2) is 0 Å². The largest absolute Gasteiger partial charge is 0.305 e. The summed E-state index contributed by atoms with van der Waals surface area (Å²) in [5.41, 5.74) is 0. The zero-order valence-corrected chi connectivity index (χ0v) is 7.08. The van der Waals surface area contributed by atoms with Crippen LogP contribution >= 0.6 is 0 Å². The van der Waals surface area contributed by atoms with E-state index in [0.717, 1.165) is 19.4 Å². The summed E-state index contributed by atoms with van der Waals surface area (Å²) in [6, 6.07) is 2.14. The lowest BCUT2D eigenvalue weighted by Gasteiger charge is -2.15. The zero-order valence-electron chi connectivity index (χ0n) is 7.08. The maximum absolute atomic E-state index is 9.97. The summed E-state index contributed by atoms with van der Waals surface area (Å²) in [5, 5.41) is 8.46. The number of hydrogen-bond acceptors (Lipinski definition) is 3. The van der Waals surface area contributed by atoms with Crippen LogP contribution in [0, 0.1) is 17.2 Å². The third-order valence-electron chi connectivity index (χ3n) is 1.43. The van der Waals surface area contributed by atoms with Crippen LogP contribution in [0.3, 0.4) is 0 Å². The van der Waals surface area contributed by atoms with Crippen LogP contribution in [-0.4, -0.2) is 31.3 Å². The van der Waals surface area contributed by atoms with Gasteiger partial charge in [0, 0.05) is 19.5 Å². The maximum Gasteiger partial charge on any atom is 0.121 e. The SMILES string of the molecule is CC(C#N)CN(C)CCC=O. The van der Waals surface area contributed by atoms with Crippen molar-refractivity contribution in [3.8, 4) is 6.07 Å². The monoisotopic (exact) mass is 154 g/mol. The Morgan fingerprint density at radius 3 is 2.82 bits per heavy atom. The van der Waals surface area contributed by atoms with Gasteiger partial charge in [0.05, 0.1) is 12.0 Å². The molecule has 0 rings (SSSR count). The minimum absolute atomic E-state index is 0.0478. The summed E-state index contributed by atoms with van der Waals surface area (Å²) >= 11 is 0. The van der Waals surface area contributed by atoms with Crippen molar-refractivity contribution in [3.05, 3.63) is 0 Å². The van der Waals surface area contributed by atoms with E-state index in [0.29, 0.717) is 6.42 Å². The molecule has 0 saturated carbocycles. The highest BCUT2D eigenvalue weighted by Gasteiger charge is 2.03. The van der Waals surface area contributed by atoms with Crippen molar-refractivity contribution in [2.75, 3.05) is 20.1 Å². The molecular weight excluding hydrogens is 140 g/mol. The normalized spacial score (nSPS) is 12.5. The maximum atomic E-state index is 9.97. The molecule has 0 aromatic rings. The molecule has 0 amide bonds. The Labute approximate surface area is 67.6 Å². The fraction of sp³-hybridized carbons (Fsp3) is 0.750. The number of nitrogens with zero attached hydrogens (tertiary/aromatic N) is 2. The van der Waals surface area contributed by atoms with E-state index in [-0.39, 0.29) is 5.92 Å². The predicted octanol–water partition coefficient (Wildman–Crippen LogP) is 0.667. The summed E-state index contributed by atoms with van der Waals surface area (Å²) in [4.78, 5) is 12.0. The molecule has 0 heterocycles. The van der Waals surface area contributed by atoms with Crippen molar-refractivity contribution in [2.24, 2.45) is 5.92 Å². The minimum atomic E-state index is 0.0478. The van der Waals surface area contributed by atoms with Gasteiger partial charge in [-0.15, -0.1) is 0 Å². The quantitative estimate of drug-likeness (QED) is 0.546. The van der Waals surface area contributed by atoms with Crippen LogP contribution in [0.15, 0.2) is 0 Å². The molecule has 0 aromatic heterocycles. The fourth-order valence-electron chi connectivity index (χ4n) is 0.873. The molecule has 3 heteroatoms. The molecule has 0 aliphatic heterocycles. The van der Waals surface area contributed by atoms with Gasteiger partial charge in [-0.2, -0.15) is 5.26 Å². The molecule has 0 aromatic carbocycles. The number of carbonyl (C=O) groups excluding carboxylic acids is 1. The average molecular weight is 154 g/mol. The molecule has 0 spiro atoms. The first-order valence-corrected chi connectivity index (χ1v) is 3.72. The minimum Gasteiger partial charge on any atom is -0.305 e. The number of rotatable bonds is 5. The van der Waals surface area contributed by atoms with E-state index in [4.69, 9.17) is 5.26 Å². The molecule has 3 nitrogen and oxygen atoms in total. The summed E-state index contributed by atoms with van der Waals surface area (Å²) in [5.74, 6) is 0.0478. The molecule has 1 unspecified atom stereocenters. The van der Waals surface area contributed by atoms with Crippen molar-refractivity contribution in [1.82, 2.24) is 4.90 Å². The smallest absolute Gasteiger partial charge is 0.121 e. The third-order valence-corrected chi connectivity index (χ3v) is 1.43. The highest BCUT2D eigenvalue weighted by atomic mass is 16.1. The molecule has 0 N–H and O–H groups in total. The summed E-state index contributed by atoms with van der Waals surface area (Å²) in [6.07, 6.45) is 1.45. The van der Waals surface area contributed by atoms with Crippen LogP contribution in [0.4, 0.5) is 0 Å². The van der Waals surface area contributed by atoms with Gasteiger partial charge in [-0.3, -0.25) is 0 Å². The lowest BCUT2D eigenvalue weighted by atomic mass is 10.2. The number of hydrogen-bond donors (Lipinski definition) is 0. The van der Waals surface area contributed by atoms with Gasteiger partial charge in [-0.1, -0.05) is 0 Å². The van der Waals surface area contributed by atoms with Gasteiger partial charge in [0.2, 0.25) is 0 Å². The van der Waals surface area contributed by atoms with Crippen molar-refractivity contribution >= 4 is 6.29 Å². The Morgan fingerprint density at radius 1 is 1.73 bits per heavy atom. The summed E-state index contributed by atoms with van der Waals surface area (Å²) in [7, 11) is 1.91. The van der Waals surface area contributed by atoms with Gasteiger partial charge >= 0.3 is 0 Å². The molecule has 0 aliphatic rings. The fourth-order valence-corrected chi connectivity index (χ4v) is 0.873. The molecular formula is C8H14N2O. The van der Waals surface area contributed by atoms with E-state index < -0.39 is 0 Å². The Balaban J connectivity index is 3.44. The van der Waals surface area contributed by atoms with E-state index >= 15 is 0 Å². The lowest BCUT2D eigenvalue weighted by molar-refractivity contribution is -0.108. The van der Waals surface area contributed by atoms with Gasteiger partial charge in [-0.05, 0) is 14.0 Å². The molecule has 1 atom stereocenters. The van der Waals surface area contributed by atoms with Crippen LogP contribution in [0.25, 0.3) is 0 Å². The van der Waals surface area contributed by atoms with Crippen LogP contribution in [0.2, 0.25) is 0 Å². The molecule has 11 heavy (non-hydrogen) atoms. The van der Waals surface area contributed by atoms with E-state index in [2.05, 4.69) is 6.07 Å². The van der Waals surface area contributed by atoms with E-state index in [9.17, 15) is 4.79 Å². The second kappa shape index (κ2) is 5.87. The van der Waals surface area contributed by atoms with Crippen LogP contribution in [0.1, 0.15) is 13.3 Å². The lowest BCUT2D eigenvalue weighted by Crippen LogP contribution is -2.25. The topological polar surface area (TPSA) is 44.1 Å². The molecule has 0 bridgehead atoms. The summed E-state index contributed by atoms with van der Waals surface area (Å²) < 4.78 is 0. The first-order valence-electron chi connectivity index (χ1n) is 3.72. The first kappa shape index (κ1) is 10.1. The van der Waals surface area contributed by atoms with Crippen LogP contribution in [0.5, 0.6) is 0 Å². The van der Waals surface area contributed by atoms with Crippen molar-refractivity contribution in [3.63, 3.8) is 0 Å².